The third-order valence-corrected chi connectivity index (χ3v) is 6.23. The normalized spacial score (nSPS) is 12.0. The number of aromatic nitrogens is 4. The summed E-state index contributed by atoms with van der Waals surface area (Å²) in [5.74, 6) is -4.67. The molecule has 0 saturated carbocycles. The van der Waals surface area contributed by atoms with E-state index in [0.29, 0.717) is 10.3 Å². The minimum atomic E-state index is -5.14. The summed E-state index contributed by atoms with van der Waals surface area (Å²) in [6.07, 6.45) is -3.79. The summed E-state index contributed by atoms with van der Waals surface area (Å²) in [5, 5.41) is 25.0. The Morgan fingerprint density at radius 2 is 1.80 bits per heavy atom. The number of benzene rings is 2. The number of rotatable bonds is 9. The molecule has 1 amide bonds. The number of amides is 1. The molecule has 0 fully saturated rings. The van der Waals surface area contributed by atoms with Gasteiger partial charge in [0.25, 0.3) is 5.69 Å². The van der Waals surface area contributed by atoms with Crippen molar-refractivity contribution in [2.75, 3.05) is 17.2 Å². The quantitative estimate of drug-likeness (QED) is 0.0842. The first-order valence-electron chi connectivity index (χ1n) is 13.0. The molecule has 0 aliphatic heterocycles. The van der Waals surface area contributed by atoms with E-state index in [9.17, 15) is 32.4 Å². The molecule has 2 aromatic carbocycles. The molecule has 3 heterocycles. The highest BCUT2D eigenvalue weighted by Crippen LogP contribution is 2.34. The Kier molecular flexibility index (Phi) is 8.47. The Morgan fingerprint density at radius 1 is 1.04 bits per heavy atom. The van der Waals surface area contributed by atoms with Gasteiger partial charge in [-0.2, -0.15) is 23.0 Å². The fourth-order valence-electron chi connectivity index (χ4n) is 4.14. The number of hydrogen-bond acceptors (Lipinski definition) is 8. The molecule has 0 saturated heterocycles. The summed E-state index contributed by atoms with van der Waals surface area (Å²) < 4.78 is 76.1. The standard InChI is InChI=1S/C29H21F5N6O5/c1-15(14-44-28(42)29(32,33)34)36-26-24-23(11-12-35-25(24)38-39-26)45-22-10-9-18(13-19(22)31)37-27(41)21-4-2-3-20(40(21)43)16-5-7-17(30)8-6-16/h2-13,15H,14H2,1H3,(H,37,41)(H2,35,36,38,39)/t15-/m1/s1. The van der Waals surface area contributed by atoms with Crippen molar-refractivity contribution < 1.29 is 45.7 Å². The van der Waals surface area contributed by atoms with Crippen LogP contribution in [0.15, 0.2) is 72.9 Å². The van der Waals surface area contributed by atoms with Crippen molar-refractivity contribution in [2.45, 2.75) is 19.1 Å². The topological polar surface area (TPSA) is 145 Å². The lowest BCUT2D eigenvalue weighted by molar-refractivity contribution is -0.595. The van der Waals surface area contributed by atoms with E-state index in [1.165, 1.54) is 73.8 Å². The zero-order valence-corrected chi connectivity index (χ0v) is 23.0. The lowest BCUT2D eigenvalue weighted by Crippen LogP contribution is -2.38. The summed E-state index contributed by atoms with van der Waals surface area (Å²) in [6.45, 7) is 0.814. The van der Waals surface area contributed by atoms with Crippen LogP contribution >= 0.6 is 0 Å². The van der Waals surface area contributed by atoms with Crippen LogP contribution < -0.4 is 20.1 Å². The molecule has 0 spiro atoms. The molecule has 232 valence electrons. The summed E-state index contributed by atoms with van der Waals surface area (Å²) in [5.41, 5.74) is 0.400. The highest BCUT2D eigenvalue weighted by Gasteiger charge is 2.41. The minimum absolute atomic E-state index is 0.00445. The van der Waals surface area contributed by atoms with Crippen LogP contribution in [0.25, 0.3) is 22.3 Å². The van der Waals surface area contributed by atoms with E-state index in [1.807, 2.05) is 0 Å². The van der Waals surface area contributed by atoms with Gasteiger partial charge in [-0.1, -0.05) is 0 Å². The smallest absolute Gasteiger partial charge is 0.490 e. The number of hydrogen-bond donors (Lipinski definition) is 3. The molecule has 5 rings (SSSR count). The van der Waals surface area contributed by atoms with Crippen molar-refractivity contribution in [3.8, 4) is 22.8 Å². The van der Waals surface area contributed by atoms with Gasteiger partial charge in [-0.3, -0.25) is 9.89 Å². The number of anilines is 2. The minimum Gasteiger partial charge on any atom is -0.618 e. The molecule has 5 aromatic rings. The summed E-state index contributed by atoms with van der Waals surface area (Å²) >= 11 is 0. The summed E-state index contributed by atoms with van der Waals surface area (Å²) in [7, 11) is 0. The fraction of sp³-hybridized carbons (Fsp3) is 0.138. The first-order valence-corrected chi connectivity index (χ1v) is 13.0. The number of H-pyrrole nitrogens is 1. The molecule has 45 heavy (non-hydrogen) atoms. The number of carbonyl (C=O) groups excluding carboxylic acids is 2. The van der Waals surface area contributed by atoms with Crippen LogP contribution in [0, 0.1) is 16.8 Å². The zero-order valence-electron chi connectivity index (χ0n) is 23.0. The van der Waals surface area contributed by atoms with Gasteiger partial charge in [-0.15, -0.1) is 0 Å². The van der Waals surface area contributed by atoms with Crippen molar-refractivity contribution in [1.29, 1.82) is 0 Å². The number of aromatic amines is 1. The van der Waals surface area contributed by atoms with Gasteiger partial charge in [0, 0.05) is 41.7 Å². The molecule has 0 radical (unpaired) electrons. The van der Waals surface area contributed by atoms with Crippen molar-refractivity contribution in [2.24, 2.45) is 0 Å². The van der Waals surface area contributed by atoms with Gasteiger partial charge in [0.1, 0.15) is 23.6 Å². The molecule has 16 heteroatoms. The number of pyridine rings is 2. The van der Waals surface area contributed by atoms with Gasteiger partial charge < -0.3 is 25.3 Å². The Bertz CT molecular complexity index is 1880. The third kappa shape index (κ3) is 6.90. The van der Waals surface area contributed by atoms with E-state index < -0.39 is 42.3 Å². The number of alkyl halides is 3. The van der Waals surface area contributed by atoms with Gasteiger partial charge in [0.15, 0.2) is 23.0 Å². The van der Waals surface area contributed by atoms with Crippen molar-refractivity contribution in [1.82, 2.24) is 15.2 Å². The summed E-state index contributed by atoms with van der Waals surface area (Å²) in [4.78, 5) is 28.0. The highest BCUT2D eigenvalue weighted by atomic mass is 19.4. The Balaban J connectivity index is 1.30. The number of halogens is 5. The van der Waals surface area contributed by atoms with E-state index in [1.54, 1.807) is 0 Å². The van der Waals surface area contributed by atoms with Crippen molar-refractivity contribution >= 4 is 34.4 Å². The monoisotopic (exact) mass is 628 g/mol. The van der Waals surface area contributed by atoms with E-state index in [4.69, 9.17) is 4.74 Å². The Labute approximate surface area is 250 Å². The van der Waals surface area contributed by atoms with Gasteiger partial charge >= 0.3 is 18.1 Å². The molecule has 0 aliphatic carbocycles. The molecule has 3 aromatic heterocycles. The van der Waals surface area contributed by atoms with E-state index in [-0.39, 0.29) is 45.4 Å². The van der Waals surface area contributed by atoms with Crippen molar-refractivity contribution in [3.63, 3.8) is 0 Å². The predicted molar refractivity (Wildman–Crippen MR) is 149 cm³/mol. The van der Waals surface area contributed by atoms with Crippen molar-refractivity contribution in [3.05, 3.63) is 95.5 Å². The Morgan fingerprint density at radius 3 is 2.51 bits per heavy atom. The number of fused-ring (bicyclic) bond motifs is 1. The molecule has 3 N–H and O–H groups in total. The number of esters is 1. The van der Waals surface area contributed by atoms with Gasteiger partial charge in [0.05, 0.1) is 6.04 Å². The van der Waals surface area contributed by atoms with Crippen LogP contribution in [-0.4, -0.2) is 45.9 Å². The fourth-order valence-corrected chi connectivity index (χ4v) is 4.14. The third-order valence-electron chi connectivity index (χ3n) is 6.23. The van der Waals surface area contributed by atoms with Crippen LogP contribution in [0.5, 0.6) is 11.5 Å². The maximum Gasteiger partial charge on any atom is 0.490 e. The first-order chi connectivity index (χ1) is 21.4. The van der Waals surface area contributed by atoms with Crippen LogP contribution in [0.3, 0.4) is 0 Å². The second kappa shape index (κ2) is 12.4. The average Bonchev–Trinajstić information content (AvgIpc) is 3.40. The highest BCUT2D eigenvalue weighted by molar-refractivity contribution is 6.02. The largest absolute Gasteiger partial charge is 0.618 e. The second-order valence-electron chi connectivity index (χ2n) is 9.55. The van der Waals surface area contributed by atoms with E-state index >= 15 is 4.39 Å². The molecule has 0 bridgehead atoms. The van der Waals surface area contributed by atoms with Crippen LogP contribution in [0.2, 0.25) is 0 Å². The number of ether oxygens (including phenoxy) is 2. The molecule has 11 nitrogen and oxygen atoms in total. The second-order valence-corrected chi connectivity index (χ2v) is 9.55. The zero-order chi connectivity index (χ0) is 32.3. The van der Waals surface area contributed by atoms with Crippen LogP contribution in [0.4, 0.5) is 33.5 Å². The lowest BCUT2D eigenvalue weighted by atomic mass is 10.1. The van der Waals surface area contributed by atoms with Gasteiger partial charge in [0.2, 0.25) is 5.69 Å². The number of carbonyl (C=O) groups is 2. The summed E-state index contributed by atoms with van der Waals surface area (Å²) in [6, 6.07) is 13.5. The number of nitrogens with zero attached hydrogens (tertiary/aromatic N) is 3. The molecular weight excluding hydrogens is 607 g/mol. The average molecular weight is 629 g/mol. The SMILES string of the molecule is C[C@H](COC(=O)C(F)(F)F)Nc1n[nH]c2nccc(Oc3ccc(NC(=O)c4cccc(-c5ccc(F)cc5)[n+]4[O-])cc3F)c12. The number of nitrogens with one attached hydrogen (secondary N) is 3. The van der Waals surface area contributed by atoms with Crippen LogP contribution in [0.1, 0.15) is 17.4 Å². The molecular formula is C29H21F5N6O5. The van der Waals surface area contributed by atoms with Gasteiger partial charge in [-0.05, 0) is 49.4 Å². The lowest BCUT2D eigenvalue weighted by Gasteiger charge is -2.15. The molecule has 1 atom stereocenters. The predicted octanol–water partition coefficient (Wildman–Crippen LogP) is 5.49. The van der Waals surface area contributed by atoms with E-state index in [2.05, 4.69) is 30.6 Å². The Hall–Kier alpha value is -5.80. The molecule has 0 unspecified atom stereocenters. The van der Waals surface area contributed by atoms with Gasteiger partial charge in [-0.25, -0.2) is 18.6 Å². The molecule has 0 aliphatic rings. The maximum absolute atomic E-state index is 15.1. The van der Waals surface area contributed by atoms with Crippen LogP contribution in [-0.2, 0) is 9.53 Å². The maximum atomic E-state index is 15.1. The first kappa shape index (κ1) is 30.7. The van der Waals surface area contributed by atoms with E-state index in [0.717, 1.165) is 6.07 Å².